The lowest BCUT2D eigenvalue weighted by Crippen LogP contribution is -2.26. The van der Waals surface area contributed by atoms with Gasteiger partial charge in [0, 0.05) is 24.0 Å². The normalized spacial score (nSPS) is 15.9. The molecule has 0 saturated carbocycles. The molecule has 2 amide bonds. The molecule has 7 nitrogen and oxygen atoms in total. The first kappa shape index (κ1) is 18.7. The van der Waals surface area contributed by atoms with Crippen LogP contribution < -0.4 is 20.1 Å². The Labute approximate surface area is 157 Å². The van der Waals surface area contributed by atoms with Gasteiger partial charge in [0.25, 0.3) is 11.8 Å². The van der Waals surface area contributed by atoms with Crippen molar-refractivity contribution >= 4 is 23.2 Å². The number of rotatable bonds is 6. The maximum absolute atomic E-state index is 12.5. The van der Waals surface area contributed by atoms with Crippen molar-refractivity contribution < 1.29 is 23.8 Å². The van der Waals surface area contributed by atoms with E-state index in [4.69, 9.17) is 14.2 Å². The smallest absolute Gasteiger partial charge is 0.259 e. The molecule has 1 saturated heterocycles. The van der Waals surface area contributed by atoms with Crippen molar-refractivity contribution in [2.45, 2.75) is 18.9 Å². The van der Waals surface area contributed by atoms with E-state index in [1.54, 1.807) is 49.6 Å². The Morgan fingerprint density at radius 2 is 1.70 bits per heavy atom. The molecule has 2 aromatic carbocycles. The molecule has 27 heavy (non-hydrogen) atoms. The predicted octanol–water partition coefficient (Wildman–Crippen LogP) is 3.07. The molecule has 1 aliphatic heterocycles. The van der Waals surface area contributed by atoms with Crippen LogP contribution in [0.3, 0.4) is 0 Å². The molecule has 1 aliphatic rings. The number of hydrogen-bond acceptors (Lipinski definition) is 5. The Morgan fingerprint density at radius 1 is 1.00 bits per heavy atom. The third-order valence-corrected chi connectivity index (χ3v) is 4.29. The number of methoxy groups -OCH3 is 2. The molecule has 142 valence electrons. The highest BCUT2D eigenvalue weighted by atomic mass is 16.5. The van der Waals surface area contributed by atoms with Gasteiger partial charge in [-0.15, -0.1) is 0 Å². The molecule has 7 heteroatoms. The second-order valence-corrected chi connectivity index (χ2v) is 6.09. The lowest BCUT2D eigenvalue weighted by molar-refractivity contribution is -0.124. The van der Waals surface area contributed by atoms with Crippen molar-refractivity contribution in [1.82, 2.24) is 0 Å². The number of ether oxygens (including phenoxy) is 3. The Morgan fingerprint density at radius 3 is 2.30 bits per heavy atom. The summed E-state index contributed by atoms with van der Waals surface area (Å²) in [6.07, 6.45) is 1.26. The molecule has 2 aromatic rings. The number of hydrogen-bond donors (Lipinski definition) is 2. The van der Waals surface area contributed by atoms with Gasteiger partial charge in [-0.05, 0) is 49.2 Å². The fourth-order valence-corrected chi connectivity index (χ4v) is 2.83. The van der Waals surface area contributed by atoms with Crippen molar-refractivity contribution in [3.63, 3.8) is 0 Å². The molecule has 0 aliphatic carbocycles. The third kappa shape index (κ3) is 4.57. The second kappa shape index (κ2) is 8.55. The number of nitrogens with one attached hydrogen (secondary N) is 2. The van der Waals surface area contributed by atoms with Crippen LogP contribution in [0.1, 0.15) is 23.2 Å². The molecule has 0 bridgehead atoms. The number of benzene rings is 2. The monoisotopic (exact) mass is 370 g/mol. The van der Waals surface area contributed by atoms with Crippen LogP contribution in [-0.4, -0.2) is 38.7 Å². The second-order valence-electron chi connectivity index (χ2n) is 6.09. The molecule has 2 N–H and O–H groups in total. The first-order chi connectivity index (χ1) is 13.1. The van der Waals surface area contributed by atoms with Crippen molar-refractivity contribution in [1.29, 1.82) is 0 Å². The zero-order valence-electron chi connectivity index (χ0n) is 15.3. The van der Waals surface area contributed by atoms with Crippen LogP contribution in [0.25, 0.3) is 0 Å². The van der Waals surface area contributed by atoms with E-state index in [2.05, 4.69) is 10.6 Å². The summed E-state index contributed by atoms with van der Waals surface area (Å²) in [5.41, 5.74) is 1.65. The minimum Gasteiger partial charge on any atom is -0.497 e. The minimum absolute atomic E-state index is 0.146. The minimum atomic E-state index is -0.382. The summed E-state index contributed by atoms with van der Waals surface area (Å²) >= 11 is 0. The van der Waals surface area contributed by atoms with Gasteiger partial charge >= 0.3 is 0 Å². The molecule has 1 unspecified atom stereocenters. The van der Waals surface area contributed by atoms with Crippen LogP contribution >= 0.6 is 0 Å². The van der Waals surface area contributed by atoms with E-state index in [0.29, 0.717) is 35.0 Å². The van der Waals surface area contributed by atoms with Gasteiger partial charge in [-0.25, -0.2) is 0 Å². The molecule has 1 atom stereocenters. The molecular weight excluding hydrogens is 348 g/mol. The van der Waals surface area contributed by atoms with Gasteiger partial charge < -0.3 is 24.8 Å². The highest BCUT2D eigenvalue weighted by molar-refractivity contribution is 6.06. The van der Waals surface area contributed by atoms with Gasteiger partial charge in [0.15, 0.2) is 0 Å². The molecule has 0 radical (unpaired) electrons. The largest absolute Gasteiger partial charge is 0.497 e. The van der Waals surface area contributed by atoms with Gasteiger partial charge in [0.1, 0.15) is 17.6 Å². The van der Waals surface area contributed by atoms with Gasteiger partial charge in [0.2, 0.25) is 0 Å². The first-order valence-electron chi connectivity index (χ1n) is 8.66. The molecular formula is C20H22N2O5. The molecule has 3 rings (SSSR count). The van der Waals surface area contributed by atoms with Crippen LogP contribution in [0.4, 0.5) is 11.4 Å². The van der Waals surface area contributed by atoms with E-state index >= 15 is 0 Å². The lowest BCUT2D eigenvalue weighted by atomic mass is 10.1. The highest BCUT2D eigenvalue weighted by Gasteiger charge is 2.23. The average molecular weight is 370 g/mol. The van der Waals surface area contributed by atoms with E-state index < -0.39 is 0 Å². The Bertz CT molecular complexity index is 814. The van der Waals surface area contributed by atoms with E-state index in [-0.39, 0.29) is 17.9 Å². The van der Waals surface area contributed by atoms with Crippen molar-refractivity contribution in [2.75, 3.05) is 31.5 Å². The maximum Gasteiger partial charge on any atom is 0.259 e. The lowest BCUT2D eigenvalue weighted by Gasteiger charge is -2.12. The number of amides is 2. The highest BCUT2D eigenvalue weighted by Crippen LogP contribution is 2.25. The summed E-state index contributed by atoms with van der Waals surface area (Å²) in [5.74, 6) is 0.583. The van der Waals surface area contributed by atoms with Gasteiger partial charge in [-0.2, -0.15) is 0 Å². The van der Waals surface area contributed by atoms with Gasteiger partial charge in [-0.3, -0.25) is 9.59 Å². The predicted molar refractivity (Wildman–Crippen MR) is 102 cm³/mol. The van der Waals surface area contributed by atoms with Crippen molar-refractivity contribution in [2.24, 2.45) is 0 Å². The van der Waals surface area contributed by atoms with Crippen LogP contribution in [0.2, 0.25) is 0 Å². The standard InChI is InChI=1S/C20H22N2O5/c1-25-15-9-10-16(18(12-15)26-2)19(23)21-13-5-7-14(8-6-13)22-20(24)17-4-3-11-27-17/h5-10,12,17H,3-4,11H2,1-2H3,(H,21,23)(H,22,24). The zero-order valence-corrected chi connectivity index (χ0v) is 15.3. The number of carbonyl (C=O) groups is 2. The SMILES string of the molecule is COc1ccc(C(=O)Nc2ccc(NC(=O)C3CCCO3)cc2)c(OC)c1. The zero-order chi connectivity index (χ0) is 19.2. The number of anilines is 2. The van der Waals surface area contributed by atoms with E-state index in [9.17, 15) is 9.59 Å². The summed E-state index contributed by atoms with van der Waals surface area (Å²) in [7, 11) is 3.05. The molecule has 0 aromatic heterocycles. The summed E-state index contributed by atoms with van der Waals surface area (Å²) in [6.45, 7) is 0.623. The summed E-state index contributed by atoms with van der Waals surface area (Å²) in [4.78, 5) is 24.6. The topological polar surface area (TPSA) is 85.9 Å². The van der Waals surface area contributed by atoms with E-state index in [1.807, 2.05) is 0 Å². The molecule has 1 heterocycles. The van der Waals surface area contributed by atoms with Gasteiger partial charge in [0.05, 0.1) is 19.8 Å². The molecule has 1 fully saturated rings. The summed E-state index contributed by atoms with van der Waals surface area (Å²) in [5, 5.41) is 5.63. The van der Waals surface area contributed by atoms with Crippen molar-refractivity contribution in [3.8, 4) is 11.5 Å². The Kier molecular flexibility index (Phi) is 5.93. The van der Waals surface area contributed by atoms with Crippen LogP contribution in [0.5, 0.6) is 11.5 Å². The van der Waals surface area contributed by atoms with Crippen LogP contribution in [-0.2, 0) is 9.53 Å². The Balaban J connectivity index is 1.64. The van der Waals surface area contributed by atoms with E-state index in [0.717, 1.165) is 12.8 Å². The Hall–Kier alpha value is -3.06. The van der Waals surface area contributed by atoms with Crippen molar-refractivity contribution in [3.05, 3.63) is 48.0 Å². The fraction of sp³-hybridized carbons (Fsp3) is 0.300. The summed E-state index contributed by atoms with van der Waals surface area (Å²) in [6, 6.07) is 11.9. The average Bonchev–Trinajstić information content (AvgIpc) is 3.24. The van der Waals surface area contributed by atoms with Gasteiger partial charge in [-0.1, -0.05) is 0 Å². The van der Waals surface area contributed by atoms with Crippen LogP contribution in [0.15, 0.2) is 42.5 Å². The number of carbonyl (C=O) groups excluding carboxylic acids is 2. The fourth-order valence-electron chi connectivity index (χ4n) is 2.83. The summed E-state index contributed by atoms with van der Waals surface area (Å²) < 4.78 is 15.8. The first-order valence-corrected chi connectivity index (χ1v) is 8.66. The van der Waals surface area contributed by atoms with E-state index in [1.165, 1.54) is 7.11 Å². The molecule has 0 spiro atoms. The van der Waals surface area contributed by atoms with Crippen LogP contribution in [0, 0.1) is 0 Å². The quantitative estimate of drug-likeness (QED) is 0.816. The third-order valence-electron chi connectivity index (χ3n) is 4.29. The maximum atomic E-state index is 12.5.